The normalized spacial score (nSPS) is 19.8. The van der Waals surface area contributed by atoms with Crippen LogP contribution in [-0.2, 0) is 9.47 Å². The van der Waals surface area contributed by atoms with Gasteiger partial charge in [0, 0.05) is 5.41 Å². The summed E-state index contributed by atoms with van der Waals surface area (Å²) in [4.78, 5) is 0. The van der Waals surface area contributed by atoms with E-state index in [1.54, 1.807) is 0 Å². The maximum atomic E-state index is 5.74. The van der Waals surface area contributed by atoms with Crippen molar-refractivity contribution in [1.29, 1.82) is 0 Å². The molecular formula is C19H34O2. The average Bonchev–Trinajstić information content (AvgIpc) is 2.46. The molecule has 0 atom stereocenters. The molecule has 1 rings (SSSR count). The molecule has 0 radical (unpaired) electrons. The molecule has 2 nitrogen and oxygen atoms in total. The molecule has 0 aromatic rings. The number of ether oxygens (including phenoxy) is 2. The second-order valence-corrected chi connectivity index (χ2v) is 6.85. The molecule has 0 bridgehead atoms. The molecule has 1 saturated heterocycles. The van der Waals surface area contributed by atoms with E-state index in [0.29, 0.717) is 0 Å². The molecule has 1 heterocycles. The molecule has 0 N–H and O–H groups in total. The zero-order valence-corrected chi connectivity index (χ0v) is 14.3. The van der Waals surface area contributed by atoms with Gasteiger partial charge >= 0.3 is 0 Å². The van der Waals surface area contributed by atoms with Gasteiger partial charge in [0.25, 0.3) is 0 Å². The van der Waals surface area contributed by atoms with Crippen LogP contribution < -0.4 is 0 Å². The first-order chi connectivity index (χ1) is 10.1. The van der Waals surface area contributed by atoms with Gasteiger partial charge in [-0.25, -0.2) is 0 Å². The van der Waals surface area contributed by atoms with Crippen LogP contribution in [0.25, 0.3) is 0 Å². The number of unbranched alkanes of at least 4 members (excludes halogenated alkanes) is 5. The van der Waals surface area contributed by atoms with Crippen LogP contribution in [-0.4, -0.2) is 19.5 Å². The summed E-state index contributed by atoms with van der Waals surface area (Å²) in [6.07, 6.45) is 18.7. The summed E-state index contributed by atoms with van der Waals surface area (Å²) in [6.45, 7) is 8.24. The van der Waals surface area contributed by atoms with E-state index in [1.165, 1.54) is 44.9 Å². The van der Waals surface area contributed by atoms with Crippen LogP contribution in [0.3, 0.4) is 0 Å². The summed E-state index contributed by atoms with van der Waals surface area (Å²) in [5, 5.41) is 0. The topological polar surface area (TPSA) is 18.5 Å². The first-order valence-electron chi connectivity index (χ1n) is 8.69. The second kappa shape index (κ2) is 11.0. The molecule has 1 aliphatic heterocycles. The fourth-order valence-corrected chi connectivity index (χ4v) is 2.34. The predicted octanol–water partition coefficient (Wildman–Crippen LogP) is 5.64. The minimum atomic E-state index is 0.0432. The molecule has 1 fully saturated rings. The molecule has 0 unspecified atom stereocenters. The molecule has 1 aliphatic rings. The van der Waals surface area contributed by atoms with Crippen LogP contribution in [0.1, 0.15) is 72.1 Å². The molecule has 0 spiro atoms. The van der Waals surface area contributed by atoms with Crippen molar-refractivity contribution in [2.75, 3.05) is 13.2 Å². The van der Waals surface area contributed by atoms with Gasteiger partial charge in [-0.2, -0.15) is 0 Å². The highest BCUT2D eigenvalue weighted by Gasteiger charge is 2.27. The van der Waals surface area contributed by atoms with E-state index in [0.717, 1.165) is 19.6 Å². The highest BCUT2D eigenvalue weighted by atomic mass is 16.7. The van der Waals surface area contributed by atoms with E-state index in [1.807, 2.05) is 0 Å². The Morgan fingerprint density at radius 2 is 1.52 bits per heavy atom. The van der Waals surface area contributed by atoms with E-state index >= 15 is 0 Å². The Kier molecular flexibility index (Phi) is 9.69. The third-order valence-electron chi connectivity index (χ3n) is 3.72. The molecule has 0 aliphatic carbocycles. The molecule has 122 valence electrons. The number of rotatable bonds is 10. The Morgan fingerprint density at radius 1 is 0.905 bits per heavy atom. The van der Waals surface area contributed by atoms with Crippen molar-refractivity contribution in [3.05, 3.63) is 24.3 Å². The minimum Gasteiger partial charge on any atom is -0.352 e. The van der Waals surface area contributed by atoms with E-state index in [-0.39, 0.29) is 11.7 Å². The summed E-state index contributed by atoms with van der Waals surface area (Å²) in [5.74, 6) is 0. The fraction of sp³-hybridized carbons (Fsp3) is 0.789. The summed E-state index contributed by atoms with van der Waals surface area (Å²) in [6, 6.07) is 0. The lowest BCUT2D eigenvalue weighted by Gasteiger charge is -2.34. The van der Waals surface area contributed by atoms with Crippen molar-refractivity contribution >= 4 is 0 Å². The van der Waals surface area contributed by atoms with E-state index in [2.05, 4.69) is 45.1 Å². The van der Waals surface area contributed by atoms with Gasteiger partial charge in [-0.15, -0.1) is 0 Å². The quantitative estimate of drug-likeness (QED) is 0.383. The number of hydrogen-bond donors (Lipinski definition) is 0. The number of allylic oxidation sites excluding steroid dienone is 4. The Hall–Kier alpha value is -0.600. The van der Waals surface area contributed by atoms with E-state index in [4.69, 9.17) is 9.47 Å². The zero-order valence-electron chi connectivity index (χ0n) is 14.3. The van der Waals surface area contributed by atoms with Gasteiger partial charge in [-0.3, -0.25) is 0 Å². The minimum absolute atomic E-state index is 0.0432. The van der Waals surface area contributed by atoms with Crippen LogP contribution in [0.15, 0.2) is 24.3 Å². The molecular weight excluding hydrogens is 260 g/mol. The van der Waals surface area contributed by atoms with Gasteiger partial charge in [0.05, 0.1) is 13.2 Å². The zero-order chi connectivity index (χ0) is 15.4. The lowest BCUT2D eigenvalue weighted by atomic mass is 9.95. The SMILES string of the molecule is CCC/C=C/C=C/CCCCCCC1OCC(C)(C)CO1. The van der Waals surface area contributed by atoms with Gasteiger partial charge < -0.3 is 9.47 Å². The second-order valence-electron chi connectivity index (χ2n) is 6.85. The third-order valence-corrected chi connectivity index (χ3v) is 3.72. The van der Waals surface area contributed by atoms with Gasteiger partial charge in [-0.1, -0.05) is 64.3 Å². The average molecular weight is 294 g/mol. The Balaban J connectivity index is 1.89. The van der Waals surface area contributed by atoms with Crippen molar-refractivity contribution < 1.29 is 9.47 Å². The largest absolute Gasteiger partial charge is 0.352 e. The summed E-state index contributed by atoms with van der Waals surface area (Å²) in [5.41, 5.74) is 0.189. The van der Waals surface area contributed by atoms with Gasteiger partial charge in [-0.05, 0) is 32.1 Å². The molecule has 0 saturated carbocycles. The van der Waals surface area contributed by atoms with E-state index in [9.17, 15) is 0 Å². The fourth-order valence-electron chi connectivity index (χ4n) is 2.34. The van der Waals surface area contributed by atoms with Crippen molar-refractivity contribution in [3.63, 3.8) is 0 Å². The maximum absolute atomic E-state index is 5.74. The standard InChI is InChI=1S/C19H34O2/c1-4-5-6-7-8-9-10-11-12-13-14-15-18-20-16-19(2,3)17-21-18/h6-9,18H,4-5,10-17H2,1-3H3/b7-6+,9-8+. The Bertz CT molecular complexity index is 295. The van der Waals surface area contributed by atoms with Crippen LogP contribution in [0.5, 0.6) is 0 Å². The number of hydrogen-bond acceptors (Lipinski definition) is 2. The predicted molar refractivity (Wildman–Crippen MR) is 90.4 cm³/mol. The molecule has 2 heteroatoms. The molecule has 0 aromatic carbocycles. The first-order valence-corrected chi connectivity index (χ1v) is 8.69. The lowest BCUT2D eigenvalue weighted by Crippen LogP contribution is -2.37. The van der Waals surface area contributed by atoms with Gasteiger partial charge in [0.2, 0.25) is 0 Å². The van der Waals surface area contributed by atoms with Crippen LogP contribution in [0, 0.1) is 5.41 Å². The van der Waals surface area contributed by atoms with E-state index < -0.39 is 0 Å². The van der Waals surface area contributed by atoms with Gasteiger partial charge in [0.15, 0.2) is 6.29 Å². The highest BCUT2D eigenvalue weighted by Crippen LogP contribution is 2.25. The summed E-state index contributed by atoms with van der Waals surface area (Å²) in [7, 11) is 0. The first kappa shape index (κ1) is 18.4. The molecule has 0 aromatic heterocycles. The highest BCUT2D eigenvalue weighted by molar-refractivity contribution is 5.02. The monoisotopic (exact) mass is 294 g/mol. The van der Waals surface area contributed by atoms with Crippen molar-refractivity contribution in [1.82, 2.24) is 0 Å². The van der Waals surface area contributed by atoms with Crippen molar-refractivity contribution in [2.24, 2.45) is 5.41 Å². The van der Waals surface area contributed by atoms with Crippen molar-refractivity contribution in [2.45, 2.75) is 78.4 Å². The van der Waals surface area contributed by atoms with Crippen LogP contribution in [0.2, 0.25) is 0 Å². The maximum Gasteiger partial charge on any atom is 0.157 e. The molecule has 0 amide bonds. The Morgan fingerprint density at radius 3 is 2.19 bits per heavy atom. The van der Waals surface area contributed by atoms with Crippen LogP contribution in [0.4, 0.5) is 0 Å². The van der Waals surface area contributed by atoms with Crippen molar-refractivity contribution in [3.8, 4) is 0 Å². The summed E-state index contributed by atoms with van der Waals surface area (Å²) >= 11 is 0. The van der Waals surface area contributed by atoms with Crippen LogP contribution >= 0.6 is 0 Å². The van der Waals surface area contributed by atoms with Gasteiger partial charge in [0.1, 0.15) is 0 Å². The summed E-state index contributed by atoms with van der Waals surface area (Å²) < 4.78 is 11.5. The third kappa shape index (κ3) is 9.87. The lowest BCUT2D eigenvalue weighted by molar-refractivity contribution is -0.224. The smallest absolute Gasteiger partial charge is 0.157 e. The Labute approximate surface area is 131 Å². The molecule has 21 heavy (non-hydrogen) atoms.